The number of sulfonamides is 1. The maximum atomic E-state index is 12.2. The quantitative estimate of drug-likeness (QED) is 0.879. The maximum Gasteiger partial charge on any atom is 0.242 e. The Labute approximate surface area is 122 Å². The lowest BCUT2D eigenvalue weighted by Crippen LogP contribution is -2.23. The summed E-state index contributed by atoms with van der Waals surface area (Å²) in [6.45, 7) is 0.490. The van der Waals surface area contributed by atoms with Gasteiger partial charge in [-0.25, -0.2) is 13.1 Å². The fraction of sp³-hybridized carbons (Fsp3) is 0.154. The van der Waals surface area contributed by atoms with Gasteiger partial charge in [-0.15, -0.1) is 0 Å². The average Bonchev–Trinajstić information content (AvgIpc) is 2.46. The van der Waals surface area contributed by atoms with E-state index in [1.54, 1.807) is 36.7 Å². The molecule has 5 nitrogen and oxygen atoms in total. The molecule has 0 aliphatic heterocycles. The van der Waals surface area contributed by atoms with Crippen LogP contribution in [0.4, 0.5) is 0 Å². The molecule has 0 unspecified atom stereocenters. The van der Waals surface area contributed by atoms with Gasteiger partial charge in [0, 0.05) is 25.5 Å². The highest BCUT2D eigenvalue weighted by molar-refractivity contribution is 7.89. The normalized spacial score (nSPS) is 11.5. The molecule has 20 heavy (non-hydrogen) atoms. The van der Waals surface area contributed by atoms with Crippen LogP contribution >= 0.6 is 11.6 Å². The van der Waals surface area contributed by atoms with E-state index in [0.29, 0.717) is 6.54 Å². The molecule has 0 saturated heterocycles. The number of benzene rings is 1. The molecule has 0 saturated carbocycles. The van der Waals surface area contributed by atoms with Crippen LogP contribution < -0.4 is 10.5 Å². The van der Waals surface area contributed by atoms with Crippen LogP contribution in [-0.4, -0.2) is 13.4 Å². The van der Waals surface area contributed by atoms with Crippen LogP contribution in [0.1, 0.15) is 11.1 Å². The molecule has 3 N–H and O–H groups in total. The highest BCUT2D eigenvalue weighted by Crippen LogP contribution is 2.22. The minimum Gasteiger partial charge on any atom is -0.326 e. The summed E-state index contributed by atoms with van der Waals surface area (Å²) >= 11 is 5.99. The Morgan fingerprint density at radius 2 is 1.85 bits per heavy atom. The molecule has 7 heteroatoms. The van der Waals surface area contributed by atoms with Gasteiger partial charge in [-0.1, -0.05) is 17.7 Å². The van der Waals surface area contributed by atoms with Gasteiger partial charge in [-0.3, -0.25) is 4.98 Å². The van der Waals surface area contributed by atoms with Crippen molar-refractivity contribution in [1.29, 1.82) is 0 Å². The van der Waals surface area contributed by atoms with Crippen molar-refractivity contribution in [3.63, 3.8) is 0 Å². The largest absolute Gasteiger partial charge is 0.326 e. The molecule has 0 aliphatic carbocycles. The molecule has 1 aromatic carbocycles. The Kier molecular flexibility index (Phi) is 4.72. The second kappa shape index (κ2) is 6.32. The smallest absolute Gasteiger partial charge is 0.242 e. The minimum absolute atomic E-state index is 0.0467. The lowest BCUT2D eigenvalue weighted by molar-refractivity contribution is 0.581. The second-order valence-electron chi connectivity index (χ2n) is 4.15. The van der Waals surface area contributed by atoms with Crippen LogP contribution in [0, 0.1) is 0 Å². The van der Waals surface area contributed by atoms with Crippen molar-refractivity contribution in [3.8, 4) is 0 Å². The number of halogens is 1. The SMILES string of the molecule is NCc1ccc(S(=O)(=O)NCc2ccncc2)c(Cl)c1. The van der Waals surface area contributed by atoms with Crippen LogP contribution in [0.25, 0.3) is 0 Å². The molecule has 1 heterocycles. The topological polar surface area (TPSA) is 85.1 Å². The Morgan fingerprint density at radius 1 is 1.15 bits per heavy atom. The van der Waals surface area contributed by atoms with E-state index in [1.807, 2.05) is 0 Å². The molecule has 2 aromatic rings. The van der Waals surface area contributed by atoms with E-state index in [2.05, 4.69) is 9.71 Å². The van der Waals surface area contributed by atoms with Crippen LogP contribution in [0.5, 0.6) is 0 Å². The zero-order valence-corrected chi connectivity index (χ0v) is 12.2. The van der Waals surface area contributed by atoms with Gasteiger partial charge in [-0.05, 0) is 35.4 Å². The Hall–Kier alpha value is -1.47. The third-order valence-corrected chi connectivity index (χ3v) is 4.62. The van der Waals surface area contributed by atoms with Crippen molar-refractivity contribution >= 4 is 21.6 Å². The first-order valence-electron chi connectivity index (χ1n) is 5.90. The van der Waals surface area contributed by atoms with Crippen molar-refractivity contribution in [2.24, 2.45) is 5.73 Å². The highest BCUT2D eigenvalue weighted by atomic mass is 35.5. The molecule has 106 valence electrons. The van der Waals surface area contributed by atoms with E-state index in [-0.39, 0.29) is 16.5 Å². The fourth-order valence-electron chi connectivity index (χ4n) is 1.65. The van der Waals surface area contributed by atoms with Gasteiger partial charge in [-0.2, -0.15) is 0 Å². The van der Waals surface area contributed by atoms with Crippen LogP contribution in [0.3, 0.4) is 0 Å². The molecule has 2 rings (SSSR count). The van der Waals surface area contributed by atoms with Crippen LogP contribution in [-0.2, 0) is 23.1 Å². The fourth-order valence-corrected chi connectivity index (χ4v) is 3.23. The number of hydrogen-bond donors (Lipinski definition) is 2. The molecule has 0 fully saturated rings. The van der Waals surface area contributed by atoms with Crippen molar-refractivity contribution in [2.45, 2.75) is 18.0 Å². The lowest BCUT2D eigenvalue weighted by Gasteiger charge is -2.09. The molecular weight excluding hydrogens is 298 g/mol. The molecule has 0 spiro atoms. The summed E-state index contributed by atoms with van der Waals surface area (Å²) in [5, 5.41) is 0.162. The van der Waals surface area contributed by atoms with Crippen molar-refractivity contribution in [2.75, 3.05) is 0 Å². The molecule has 0 atom stereocenters. The van der Waals surface area contributed by atoms with Gasteiger partial charge in [0.2, 0.25) is 10.0 Å². The summed E-state index contributed by atoms with van der Waals surface area (Å²) < 4.78 is 26.9. The van der Waals surface area contributed by atoms with E-state index >= 15 is 0 Å². The number of nitrogens with two attached hydrogens (primary N) is 1. The maximum absolute atomic E-state index is 12.2. The Morgan fingerprint density at radius 3 is 2.45 bits per heavy atom. The molecular formula is C13H14ClN3O2S. The van der Waals surface area contributed by atoms with Gasteiger partial charge in [0.15, 0.2) is 0 Å². The molecule has 1 aromatic heterocycles. The summed E-state index contributed by atoms with van der Waals surface area (Å²) in [5.41, 5.74) is 7.08. The summed E-state index contributed by atoms with van der Waals surface area (Å²) in [7, 11) is -3.66. The van der Waals surface area contributed by atoms with Gasteiger partial charge >= 0.3 is 0 Å². The van der Waals surface area contributed by atoms with E-state index < -0.39 is 10.0 Å². The average molecular weight is 312 g/mol. The van der Waals surface area contributed by atoms with Crippen molar-refractivity contribution in [3.05, 3.63) is 58.9 Å². The molecule has 0 amide bonds. The summed E-state index contributed by atoms with van der Waals surface area (Å²) in [5.74, 6) is 0. The number of hydrogen-bond acceptors (Lipinski definition) is 4. The number of nitrogens with one attached hydrogen (secondary N) is 1. The van der Waals surface area contributed by atoms with E-state index in [9.17, 15) is 8.42 Å². The second-order valence-corrected chi connectivity index (χ2v) is 6.29. The Balaban J connectivity index is 2.18. The first kappa shape index (κ1) is 14.9. The molecule has 0 bridgehead atoms. The van der Waals surface area contributed by atoms with Crippen LogP contribution in [0.2, 0.25) is 5.02 Å². The van der Waals surface area contributed by atoms with Crippen molar-refractivity contribution < 1.29 is 8.42 Å². The summed E-state index contributed by atoms with van der Waals surface area (Å²) in [4.78, 5) is 3.92. The predicted octanol–water partition coefficient (Wildman–Crippen LogP) is 1.67. The van der Waals surface area contributed by atoms with Gasteiger partial charge in [0.1, 0.15) is 4.90 Å². The number of nitrogens with zero attached hydrogens (tertiary/aromatic N) is 1. The third-order valence-electron chi connectivity index (χ3n) is 2.74. The predicted molar refractivity (Wildman–Crippen MR) is 77.6 cm³/mol. The minimum atomic E-state index is -3.66. The summed E-state index contributed by atoms with van der Waals surface area (Å²) in [6, 6.07) is 8.14. The number of pyridine rings is 1. The first-order chi connectivity index (χ1) is 9.53. The Bertz CT molecular complexity index is 690. The van der Waals surface area contributed by atoms with Gasteiger partial charge < -0.3 is 5.73 Å². The van der Waals surface area contributed by atoms with Crippen molar-refractivity contribution in [1.82, 2.24) is 9.71 Å². The lowest BCUT2D eigenvalue weighted by atomic mass is 10.2. The number of rotatable bonds is 5. The highest BCUT2D eigenvalue weighted by Gasteiger charge is 2.17. The molecule has 0 aliphatic rings. The monoisotopic (exact) mass is 311 g/mol. The van der Waals surface area contributed by atoms with Gasteiger partial charge in [0.05, 0.1) is 5.02 Å². The molecule has 0 radical (unpaired) electrons. The van der Waals surface area contributed by atoms with E-state index in [0.717, 1.165) is 11.1 Å². The van der Waals surface area contributed by atoms with Crippen LogP contribution in [0.15, 0.2) is 47.6 Å². The standard InChI is InChI=1S/C13H14ClN3O2S/c14-12-7-11(8-15)1-2-13(12)20(18,19)17-9-10-3-5-16-6-4-10/h1-7,17H,8-9,15H2. The third kappa shape index (κ3) is 3.55. The zero-order chi connectivity index (χ0) is 14.6. The van der Waals surface area contributed by atoms with Gasteiger partial charge in [0.25, 0.3) is 0 Å². The summed E-state index contributed by atoms with van der Waals surface area (Å²) in [6.07, 6.45) is 3.21. The van der Waals surface area contributed by atoms with E-state index in [1.165, 1.54) is 6.07 Å². The van der Waals surface area contributed by atoms with E-state index in [4.69, 9.17) is 17.3 Å². The number of aromatic nitrogens is 1. The first-order valence-corrected chi connectivity index (χ1v) is 7.76. The zero-order valence-electron chi connectivity index (χ0n) is 10.6.